The van der Waals surface area contributed by atoms with Gasteiger partial charge < -0.3 is 69.7 Å². The highest BCUT2D eigenvalue weighted by molar-refractivity contribution is 6.03. The Kier molecular flexibility index (Phi) is 37.3. The number of nitrogens with one attached hydrogen (secondary N) is 3. The maximum Gasteiger partial charge on any atom is 0.560 e. The van der Waals surface area contributed by atoms with Crippen molar-refractivity contribution >= 4 is 107 Å². The van der Waals surface area contributed by atoms with Crippen LogP contribution >= 0.6 is 0 Å². The summed E-state index contributed by atoms with van der Waals surface area (Å²) in [5.74, 6) is -1.81. The smallest absolute Gasteiger partial charge is 0.464 e. The number of hydrogen-bond donors (Lipinski definition) is 5. The molecule has 680 valence electrons. The second-order valence-corrected chi connectivity index (χ2v) is 32.1. The molecule has 11 rings (SSSR count). The van der Waals surface area contributed by atoms with E-state index in [1.54, 1.807) is 41.5 Å². The topological polar surface area (TPSA) is 507 Å². The molecule has 0 saturated carbocycles. The maximum absolute atomic E-state index is 13.1. The largest absolute Gasteiger partial charge is 0.560 e. The summed E-state index contributed by atoms with van der Waals surface area (Å²) in [6.07, 6.45) is 6.28. The van der Waals surface area contributed by atoms with Crippen molar-refractivity contribution in [2.75, 3.05) is 79.5 Å². The zero-order valence-electron chi connectivity index (χ0n) is 73.7. The molecule has 0 spiro atoms. The predicted octanol–water partition coefficient (Wildman–Crippen LogP) is 7.74. The summed E-state index contributed by atoms with van der Waals surface area (Å²) in [7, 11) is 0. The molecule has 6 N–H and O–H groups in total. The van der Waals surface area contributed by atoms with Crippen molar-refractivity contribution in [2.45, 2.75) is 280 Å². The Morgan fingerprint density at radius 2 is 0.815 bits per heavy atom. The van der Waals surface area contributed by atoms with Gasteiger partial charge in [0.25, 0.3) is 35.4 Å². The Morgan fingerprint density at radius 3 is 1.19 bits per heavy atom. The number of piperidine rings is 2. The lowest BCUT2D eigenvalue weighted by Crippen LogP contribution is -2.49. The number of rotatable bonds is 24. The standard InChI is InChI=1S/C33H48N6O6.C27H40N6O2.C10H13NO7.C9H8N2O7.C5H10O3/c1-8-43-30(40)21(3)44-32(42)38-27(31(41)45-33(5,6)7)19-34-28-20(2)29(36-22(4)35-28)39-17-15-24(16-18-39)26-14-13-23-11-9-10-12-25(23)37-26;1-17-24(29-16-21(28)26(34)35-27(3,4)5)30-18(2)31-25(17)33-14-12-20(13-15-33)23-11-10-19-8-6-7-9-22(19)32-23;1-3-16-9(14)6(2)17-10(15)18-11-7(12)4-5-8(11)13;12-5-1-2-6(13)10(5)17-9(16)18-11-7(14)3-4-8(11)15;1-3-8-5(7)4(2)6/h13-14,21,24,27H,8-12,15-19H2,1-7H3,(H,38,42)(H,34,35,36);10-11,20-21H,6-9,12-16,28H2,1-5H3,(H,29,30,31);6H,3-5H2,1-2H3;1-4H2;4,6H,3H2,1-2H3/t21?,27-;21-;;;/m00.../s1. The molecule has 0 aromatic carbocycles. The second kappa shape index (κ2) is 46.6. The summed E-state index contributed by atoms with van der Waals surface area (Å²) in [5.41, 5.74) is 14.4. The highest BCUT2D eigenvalue weighted by Crippen LogP contribution is 2.36. The maximum atomic E-state index is 13.1. The van der Waals surface area contributed by atoms with Crippen molar-refractivity contribution in [3.8, 4) is 0 Å². The molecule has 124 heavy (non-hydrogen) atoms. The Bertz CT molecular complexity index is 4390. The normalized spacial score (nSPS) is 17.1. The third kappa shape index (κ3) is 30.3. The third-order valence-corrected chi connectivity index (χ3v) is 19.9. The molecule has 40 nitrogen and oxygen atoms in total. The van der Waals surface area contributed by atoms with Gasteiger partial charge in [0.2, 0.25) is 0 Å². The minimum Gasteiger partial charge on any atom is -0.464 e. The van der Waals surface area contributed by atoms with Crippen LogP contribution in [0.3, 0.4) is 0 Å². The summed E-state index contributed by atoms with van der Waals surface area (Å²) in [4.78, 5) is 207. The van der Waals surface area contributed by atoms with Crippen LogP contribution in [0.15, 0.2) is 24.3 Å². The van der Waals surface area contributed by atoms with E-state index in [0.717, 1.165) is 93.9 Å². The molecule has 9 heterocycles. The first kappa shape index (κ1) is 99.3. The van der Waals surface area contributed by atoms with Gasteiger partial charge in [-0.3, -0.25) is 58.0 Å². The first-order valence-corrected chi connectivity index (χ1v) is 41.9. The molecule has 0 radical (unpaired) electrons. The van der Waals surface area contributed by atoms with Gasteiger partial charge in [-0.15, -0.1) is 0 Å². The number of esters is 5. The average molecular weight is 1740 g/mol. The summed E-state index contributed by atoms with van der Waals surface area (Å²) >= 11 is 0. The molecule has 5 saturated heterocycles. The van der Waals surface area contributed by atoms with E-state index in [1.165, 1.54) is 86.8 Å². The molecule has 4 aromatic heterocycles. The van der Waals surface area contributed by atoms with Gasteiger partial charge in [-0.1, -0.05) is 27.3 Å². The van der Waals surface area contributed by atoms with E-state index in [4.69, 9.17) is 49.7 Å². The molecule has 5 fully saturated rings. The van der Waals surface area contributed by atoms with Gasteiger partial charge in [-0.05, 0) is 211 Å². The summed E-state index contributed by atoms with van der Waals surface area (Å²) in [5, 5.41) is 18.3. The number of hydrogen-bond acceptors (Lipinski definition) is 36. The average Bonchev–Trinajstić information content (AvgIpc) is 1.56. The number of aromatic nitrogens is 6. The molecular formula is C84H119N15O25. The lowest BCUT2D eigenvalue weighted by Gasteiger charge is -2.34. The monoisotopic (exact) mass is 1740 g/mol. The summed E-state index contributed by atoms with van der Waals surface area (Å²) in [6.45, 7) is 31.8. The summed E-state index contributed by atoms with van der Waals surface area (Å²) in [6, 6.07) is 7.16. The Balaban J connectivity index is 0.000000235. The van der Waals surface area contributed by atoms with Crippen LogP contribution in [0.2, 0.25) is 0 Å². The van der Waals surface area contributed by atoms with Crippen molar-refractivity contribution in [3.63, 3.8) is 0 Å². The number of nitrogens with two attached hydrogens (primary N) is 1. The fraction of sp³-hybridized carbons (Fsp3) is 0.619. The van der Waals surface area contributed by atoms with Gasteiger partial charge in [-0.25, -0.2) is 48.7 Å². The third-order valence-electron chi connectivity index (χ3n) is 19.9. The van der Waals surface area contributed by atoms with Crippen molar-refractivity contribution in [2.24, 2.45) is 5.73 Å². The van der Waals surface area contributed by atoms with Crippen LogP contribution in [0.25, 0.3) is 0 Å². The van der Waals surface area contributed by atoms with E-state index in [1.807, 2.05) is 48.5 Å². The molecule has 0 bridgehead atoms. The minimum atomic E-state index is -1.48. The fourth-order valence-electron chi connectivity index (χ4n) is 13.6. The van der Waals surface area contributed by atoms with E-state index in [9.17, 15) is 67.1 Å². The minimum absolute atomic E-state index is 0.0143. The Hall–Kier alpha value is -11.8. The lowest BCUT2D eigenvalue weighted by molar-refractivity contribution is -0.198. The molecular weight excluding hydrogens is 1620 g/mol. The van der Waals surface area contributed by atoms with E-state index in [-0.39, 0.29) is 75.0 Å². The van der Waals surface area contributed by atoms with Gasteiger partial charge in [0, 0.05) is 124 Å². The van der Waals surface area contributed by atoms with Crippen LogP contribution in [0, 0.1) is 27.7 Å². The second-order valence-electron chi connectivity index (χ2n) is 32.1. The number of anilines is 4. The van der Waals surface area contributed by atoms with Crippen LogP contribution in [0.5, 0.6) is 0 Å². The fourth-order valence-corrected chi connectivity index (χ4v) is 13.6. The predicted molar refractivity (Wildman–Crippen MR) is 442 cm³/mol. The SMILES string of the molecule is CCOC(=O)C(C)O.CCOC(=O)C(C)OC(=O)N[C@@H](CNc1nc(C)nc(N2CCC(c3ccc4c(n3)CCCC4)CC2)c1C)C(=O)OC(C)(C)C.CCOC(=O)C(C)OC(=O)ON1C(=O)CCC1=O.Cc1nc(NC[C@H](N)C(=O)OC(C)(C)C)c(C)c(N2CCC(c3ccc4c(n3)CCCC4)CC2)n1.O=C(ON1C(=O)CCC1=O)ON1C(=O)CCC1=O. The van der Waals surface area contributed by atoms with Gasteiger partial charge in [0.05, 0.1) is 19.8 Å². The number of fused-ring (bicyclic) bond motifs is 2. The van der Waals surface area contributed by atoms with E-state index in [2.05, 4.69) is 88.7 Å². The van der Waals surface area contributed by atoms with Gasteiger partial charge in [-0.2, -0.15) is 4.79 Å². The van der Waals surface area contributed by atoms with Gasteiger partial charge in [0.1, 0.15) is 64.3 Å². The van der Waals surface area contributed by atoms with Crippen molar-refractivity contribution < 1.29 is 120 Å². The van der Waals surface area contributed by atoms with E-state index >= 15 is 0 Å². The number of pyridine rings is 2. The van der Waals surface area contributed by atoms with Crippen LogP contribution in [-0.2, 0) is 126 Å². The Morgan fingerprint density at radius 1 is 0.460 bits per heavy atom. The number of carbonyl (C=O) groups excluding carboxylic acids is 14. The zero-order valence-corrected chi connectivity index (χ0v) is 73.7. The molecule has 2 aliphatic carbocycles. The van der Waals surface area contributed by atoms with Crippen LogP contribution in [0.4, 0.5) is 37.7 Å². The molecule has 40 heteroatoms. The number of aliphatic hydroxyl groups is 1. The highest BCUT2D eigenvalue weighted by atomic mass is 16.9. The Labute approximate surface area is 720 Å². The van der Waals surface area contributed by atoms with Crippen LogP contribution in [0.1, 0.15) is 241 Å². The summed E-state index contributed by atoms with van der Waals surface area (Å²) < 4.78 is 34.5. The molecule has 7 amide bonds. The zero-order chi connectivity index (χ0) is 91.4. The first-order valence-electron chi connectivity index (χ1n) is 41.9. The number of hydroxylamine groups is 6. The van der Waals surface area contributed by atoms with Gasteiger partial charge in [0.15, 0.2) is 12.2 Å². The quantitative estimate of drug-likeness (QED) is 0.0254. The number of ether oxygens (including phenoxy) is 7. The lowest BCUT2D eigenvalue weighted by atomic mass is 9.90. The molecule has 3 unspecified atom stereocenters. The number of alkyl carbamates (subject to hydrolysis) is 1. The van der Waals surface area contributed by atoms with Crippen LogP contribution < -0.4 is 31.5 Å². The number of aryl methyl sites for hydroxylation is 6. The number of carbonyl (C=O) groups is 14. The van der Waals surface area contributed by atoms with Crippen molar-refractivity contribution in [1.82, 2.24) is 50.4 Å². The number of amides is 7. The van der Waals surface area contributed by atoms with Crippen molar-refractivity contribution in [1.29, 1.82) is 0 Å². The van der Waals surface area contributed by atoms with Gasteiger partial charge >= 0.3 is 48.3 Å². The molecule has 5 atom stereocenters. The number of aliphatic hydroxyl groups excluding tert-OH is 1. The van der Waals surface area contributed by atoms with Crippen LogP contribution in [-0.4, -0.2) is 235 Å². The first-order chi connectivity index (χ1) is 58.6. The van der Waals surface area contributed by atoms with Crippen molar-refractivity contribution in [3.05, 3.63) is 80.9 Å². The molecule has 5 aliphatic heterocycles. The molecule has 7 aliphatic rings. The number of imide groups is 3. The number of nitrogens with zero attached hydrogens (tertiary/aromatic N) is 11. The van der Waals surface area contributed by atoms with E-state index in [0.29, 0.717) is 46.8 Å². The molecule has 4 aromatic rings. The van der Waals surface area contributed by atoms with E-state index < -0.39 is 125 Å². The highest BCUT2D eigenvalue weighted by Gasteiger charge is 2.40.